The molecule has 0 aromatic carbocycles. The lowest BCUT2D eigenvalue weighted by molar-refractivity contribution is 0.0925. The first kappa shape index (κ1) is 17.8. The molecule has 2 aliphatic rings. The molecule has 1 aromatic heterocycles. The van der Waals surface area contributed by atoms with E-state index in [-0.39, 0.29) is 11.9 Å². The summed E-state index contributed by atoms with van der Waals surface area (Å²) in [6.07, 6.45) is 6.75. The van der Waals surface area contributed by atoms with E-state index >= 15 is 0 Å². The number of amides is 1. The van der Waals surface area contributed by atoms with E-state index in [0.717, 1.165) is 37.7 Å². The number of likely N-dealkylation sites (tertiary alicyclic amines) is 1. The van der Waals surface area contributed by atoms with E-state index in [1.54, 1.807) is 0 Å². The first-order valence-electron chi connectivity index (χ1n) is 9.11. The molecule has 0 unspecified atom stereocenters. The van der Waals surface area contributed by atoms with Crippen molar-refractivity contribution in [3.63, 3.8) is 0 Å². The van der Waals surface area contributed by atoms with Gasteiger partial charge < -0.3 is 14.7 Å². The van der Waals surface area contributed by atoms with Gasteiger partial charge in [-0.1, -0.05) is 12.1 Å². The highest BCUT2D eigenvalue weighted by molar-refractivity contribution is 7.98. The Balaban J connectivity index is 1.63. The highest BCUT2D eigenvalue weighted by Crippen LogP contribution is 2.41. The Kier molecular flexibility index (Phi) is 5.87. The van der Waals surface area contributed by atoms with Gasteiger partial charge in [-0.05, 0) is 63.0 Å². The minimum Gasteiger partial charge on any atom is -0.361 e. The zero-order valence-corrected chi connectivity index (χ0v) is 15.8. The van der Waals surface area contributed by atoms with Crippen LogP contribution < -0.4 is 5.32 Å². The molecule has 2 heterocycles. The van der Waals surface area contributed by atoms with Crippen LogP contribution >= 0.6 is 11.8 Å². The van der Waals surface area contributed by atoms with Crippen molar-refractivity contribution in [2.45, 2.75) is 45.6 Å². The number of rotatable bonds is 8. The van der Waals surface area contributed by atoms with Crippen molar-refractivity contribution in [1.29, 1.82) is 0 Å². The van der Waals surface area contributed by atoms with Crippen LogP contribution in [0, 0.1) is 18.8 Å². The van der Waals surface area contributed by atoms with E-state index in [0.29, 0.717) is 17.2 Å². The molecule has 5 nitrogen and oxygen atoms in total. The third-order valence-electron chi connectivity index (χ3n) is 5.30. The molecule has 1 aliphatic heterocycles. The number of nitrogens with one attached hydrogen (secondary N) is 1. The summed E-state index contributed by atoms with van der Waals surface area (Å²) in [6.45, 7) is 7.08. The maximum atomic E-state index is 12.8. The molecule has 6 heteroatoms. The van der Waals surface area contributed by atoms with Crippen LogP contribution in [0.3, 0.4) is 0 Å². The number of carbonyl (C=O) groups excluding carboxylic acids is 1. The molecule has 0 spiro atoms. The Morgan fingerprint density at radius 1 is 1.42 bits per heavy atom. The lowest BCUT2D eigenvalue weighted by Gasteiger charge is -2.19. The SMILES string of the molecule is CCc1noc(C)c1C(=O)N[C@@H]1CN(CCCSC)C[C@H]1C1CC1. The second kappa shape index (κ2) is 7.91. The predicted molar refractivity (Wildman–Crippen MR) is 97.5 cm³/mol. The van der Waals surface area contributed by atoms with Gasteiger partial charge in [-0.3, -0.25) is 4.79 Å². The monoisotopic (exact) mass is 351 g/mol. The molecule has 1 aromatic rings. The summed E-state index contributed by atoms with van der Waals surface area (Å²) in [7, 11) is 0. The second-order valence-corrected chi connectivity index (χ2v) is 8.09. The standard InChI is InChI=1S/C18H29N3O2S/c1-4-15-17(12(2)23-20-15)18(22)19-16-11-21(8-5-9-24-3)10-14(16)13-6-7-13/h13-14,16H,4-11H2,1-3H3,(H,19,22)/t14-,16+/m0/s1. The van der Waals surface area contributed by atoms with Crippen LogP contribution in [0.1, 0.15) is 48.0 Å². The average Bonchev–Trinajstić information content (AvgIpc) is 3.23. The number of nitrogens with zero attached hydrogens (tertiary/aromatic N) is 2. The molecule has 2 fully saturated rings. The van der Waals surface area contributed by atoms with Crippen molar-refractivity contribution in [3.8, 4) is 0 Å². The van der Waals surface area contributed by atoms with E-state index in [4.69, 9.17) is 4.52 Å². The summed E-state index contributed by atoms with van der Waals surface area (Å²) in [6, 6.07) is 0.262. The van der Waals surface area contributed by atoms with Crippen molar-refractivity contribution < 1.29 is 9.32 Å². The number of hydrogen-bond donors (Lipinski definition) is 1. The lowest BCUT2D eigenvalue weighted by Crippen LogP contribution is -2.41. The third kappa shape index (κ3) is 3.97. The molecule has 134 valence electrons. The summed E-state index contributed by atoms with van der Waals surface area (Å²) in [5.41, 5.74) is 1.41. The van der Waals surface area contributed by atoms with Crippen molar-refractivity contribution in [2.75, 3.05) is 31.6 Å². The normalized spacial score (nSPS) is 24.5. The number of aryl methyl sites for hydroxylation is 2. The molecular weight excluding hydrogens is 322 g/mol. The van der Waals surface area contributed by atoms with Gasteiger partial charge in [-0.25, -0.2) is 0 Å². The summed E-state index contributed by atoms with van der Waals surface area (Å²) < 4.78 is 5.22. The van der Waals surface area contributed by atoms with Gasteiger partial charge >= 0.3 is 0 Å². The minimum atomic E-state index is -0.00721. The zero-order chi connectivity index (χ0) is 17.1. The molecular formula is C18H29N3O2S. The van der Waals surface area contributed by atoms with Gasteiger partial charge in [0, 0.05) is 19.1 Å². The fourth-order valence-corrected chi connectivity index (χ4v) is 4.29. The van der Waals surface area contributed by atoms with Crippen LogP contribution in [0.15, 0.2) is 4.52 Å². The van der Waals surface area contributed by atoms with Crippen LogP contribution in [0.4, 0.5) is 0 Å². The van der Waals surface area contributed by atoms with Crippen molar-refractivity contribution >= 4 is 17.7 Å². The second-order valence-electron chi connectivity index (χ2n) is 7.10. The quantitative estimate of drug-likeness (QED) is 0.730. The Morgan fingerprint density at radius 2 is 2.21 bits per heavy atom. The zero-order valence-electron chi connectivity index (χ0n) is 15.0. The maximum Gasteiger partial charge on any atom is 0.257 e. The molecule has 24 heavy (non-hydrogen) atoms. The molecule has 1 saturated carbocycles. The van der Waals surface area contributed by atoms with Gasteiger partial charge in [0.1, 0.15) is 11.3 Å². The van der Waals surface area contributed by atoms with Gasteiger partial charge in [-0.15, -0.1) is 0 Å². The van der Waals surface area contributed by atoms with Gasteiger partial charge in [-0.2, -0.15) is 11.8 Å². The first-order chi connectivity index (χ1) is 11.6. The summed E-state index contributed by atoms with van der Waals surface area (Å²) in [5.74, 6) is 3.24. The van der Waals surface area contributed by atoms with Crippen molar-refractivity contribution in [2.24, 2.45) is 11.8 Å². The van der Waals surface area contributed by atoms with Gasteiger partial charge in [0.15, 0.2) is 0 Å². The van der Waals surface area contributed by atoms with E-state index in [1.165, 1.54) is 25.0 Å². The fraction of sp³-hybridized carbons (Fsp3) is 0.778. The van der Waals surface area contributed by atoms with Crippen LogP contribution in [-0.4, -0.2) is 53.6 Å². The maximum absolute atomic E-state index is 12.8. The van der Waals surface area contributed by atoms with Gasteiger partial charge in [0.2, 0.25) is 0 Å². The number of hydrogen-bond acceptors (Lipinski definition) is 5. The summed E-state index contributed by atoms with van der Waals surface area (Å²) in [5, 5.41) is 7.32. The van der Waals surface area contributed by atoms with Crippen molar-refractivity contribution in [3.05, 3.63) is 17.0 Å². The molecule has 1 aliphatic carbocycles. The number of carbonyl (C=O) groups is 1. The van der Waals surface area contributed by atoms with Crippen LogP contribution in [0.25, 0.3) is 0 Å². The van der Waals surface area contributed by atoms with E-state index in [2.05, 4.69) is 21.6 Å². The van der Waals surface area contributed by atoms with Gasteiger partial charge in [0.05, 0.1) is 5.69 Å². The molecule has 0 bridgehead atoms. The smallest absolute Gasteiger partial charge is 0.257 e. The fourth-order valence-electron chi connectivity index (χ4n) is 3.87. The topological polar surface area (TPSA) is 58.4 Å². The summed E-state index contributed by atoms with van der Waals surface area (Å²) in [4.78, 5) is 15.3. The molecule has 3 rings (SSSR count). The third-order valence-corrected chi connectivity index (χ3v) is 6.00. The first-order valence-corrected chi connectivity index (χ1v) is 10.5. The average molecular weight is 352 g/mol. The molecule has 1 N–H and O–H groups in total. The van der Waals surface area contributed by atoms with Crippen molar-refractivity contribution in [1.82, 2.24) is 15.4 Å². The van der Waals surface area contributed by atoms with Gasteiger partial charge in [0.25, 0.3) is 5.91 Å². The Hall–Kier alpha value is -1.01. The summed E-state index contributed by atoms with van der Waals surface area (Å²) >= 11 is 1.91. The van der Waals surface area contributed by atoms with Crippen LogP contribution in [0.5, 0.6) is 0 Å². The Bertz CT molecular complexity index is 571. The lowest BCUT2D eigenvalue weighted by atomic mass is 9.97. The molecule has 0 radical (unpaired) electrons. The van der Waals surface area contributed by atoms with Crippen LogP contribution in [-0.2, 0) is 6.42 Å². The Labute approximate surface area is 148 Å². The highest BCUT2D eigenvalue weighted by atomic mass is 32.2. The largest absolute Gasteiger partial charge is 0.361 e. The predicted octanol–water partition coefficient (Wildman–Crippen LogP) is 2.74. The highest BCUT2D eigenvalue weighted by Gasteiger charge is 2.43. The van der Waals surface area contributed by atoms with E-state index in [1.807, 2.05) is 25.6 Å². The Morgan fingerprint density at radius 3 is 2.88 bits per heavy atom. The minimum absolute atomic E-state index is 0.00721. The molecule has 1 amide bonds. The molecule has 1 saturated heterocycles. The van der Waals surface area contributed by atoms with E-state index < -0.39 is 0 Å². The van der Waals surface area contributed by atoms with E-state index in [9.17, 15) is 4.79 Å². The molecule has 2 atom stereocenters. The number of thioether (sulfide) groups is 1. The van der Waals surface area contributed by atoms with Crippen LogP contribution in [0.2, 0.25) is 0 Å². The number of aromatic nitrogens is 1.